The lowest BCUT2D eigenvalue weighted by Gasteiger charge is -2.28. The van der Waals surface area contributed by atoms with Gasteiger partial charge in [-0.05, 0) is 43.9 Å². The van der Waals surface area contributed by atoms with Crippen LogP contribution in [0.1, 0.15) is 32.6 Å². The molecule has 2 saturated carbocycles. The van der Waals surface area contributed by atoms with E-state index in [-0.39, 0.29) is 0 Å². The molecule has 0 radical (unpaired) electrons. The molecule has 0 spiro atoms. The molecule has 2 fully saturated rings. The number of aliphatic hydroxyl groups excluding tert-OH is 1. The van der Waals surface area contributed by atoms with Gasteiger partial charge in [-0.15, -0.1) is 0 Å². The smallest absolute Gasteiger partial charge is 0.328 e. The van der Waals surface area contributed by atoms with Gasteiger partial charge in [-0.2, -0.15) is 0 Å². The second-order valence-electron chi connectivity index (χ2n) is 6.32. The number of carboxylic acids is 1. The minimum absolute atomic E-state index is 0.430. The highest BCUT2D eigenvalue weighted by molar-refractivity contribution is 5.82. The molecule has 114 valence electrons. The van der Waals surface area contributed by atoms with E-state index in [0.29, 0.717) is 12.5 Å². The van der Waals surface area contributed by atoms with E-state index >= 15 is 0 Å². The molecular formula is C14H24N2O4. The minimum atomic E-state index is -1.26. The van der Waals surface area contributed by atoms with Crippen LogP contribution in [-0.4, -0.2) is 52.9 Å². The number of nitrogens with zero attached hydrogens (tertiary/aromatic N) is 1. The molecule has 5 atom stereocenters. The Bertz CT molecular complexity index is 385. The van der Waals surface area contributed by atoms with Crippen molar-refractivity contribution in [1.82, 2.24) is 10.2 Å². The molecule has 2 aliphatic rings. The predicted octanol–water partition coefficient (Wildman–Crippen LogP) is 0.898. The zero-order valence-corrected chi connectivity index (χ0v) is 12.1. The van der Waals surface area contributed by atoms with Crippen LogP contribution in [0.3, 0.4) is 0 Å². The summed E-state index contributed by atoms with van der Waals surface area (Å²) in [6.07, 6.45) is 3.93. The zero-order valence-electron chi connectivity index (χ0n) is 12.1. The van der Waals surface area contributed by atoms with Crippen molar-refractivity contribution < 1.29 is 19.8 Å². The molecule has 2 rings (SSSR count). The molecule has 2 bridgehead atoms. The number of hydrogen-bond acceptors (Lipinski definition) is 3. The highest BCUT2D eigenvalue weighted by Crippen LogP contribution is 2.48. The predicted molar refractivity (Wildman–Crippen MR) is 73.2 cm³/mol. The first-order valence-corrected chi connectivity index (χ1v) is 7.31. The normalized spacial score (nSPS) is 30.9. The average molecular weight is 284 g/mol. The Morgan fingerprint density at radius 3 is 2.50 bits per heavy atom. The van der Waals surface area contributed by atoms with Crippen molar-refractivity contribution in [1.29, 1.82) is 0 Å². The van der Waals surface area contributed by atoms with Crippen molar-refractivity contribution in [2.45, 2.75) is 44.8 Å². The number of hydrogen-bond donors (Lipinski definition) is 3. The summed E-state index contributed by atoms with van der Waals surface area (Å²) >= 11 is 0. The van der Waals surface area contributed by atoms with Crippen LogP contribution >= 0.6 is 0 Å². The first-order chi connectivity index (χ1) is 9.38. The monoisotopic (exact) mass is 284 g/mol. The third-order valence-corrected chi connectivity index (χ3v) is 4.77. The molecule has 0 aliphatic heterocycles. The van der Waals surface area contributed by atoms with E-state index in [9.17, 15) is 14.7 Å². The number of rotatable bonds is 5. The van der Waals surface area contributed by atoms with E-state index in [2.05, 4.69) is 5.32 Å². The van der Waals surface area contributed by atoms with Gasteiger partial charge in [0.25, 0.3) is 0 Å². The van der Waals surface area contributed by atoms with Crippen molar-refractivity contribution in [3.8, 4) is 0 Å². The summed E-state index contributed by atoms with van der Waals surface area (Å²) in [6, 6.07) is -1.69. The molecule has 0 aromatic rings. The largest absolute Gasteiger partial charge is 0.480 e. The Hall–Kier alpha value is -1.30. The maximum Gasteiger partial charge on any atom is 0.328 e. The molecule has 0 aromatic carbocycles. The number of carboxylic acid groups (broad SMARTS) is 1. The van der Waals surface area contributed by atoms with Gasteiger partial charge in [-0.25, -0.2) is 9.59 Å². The zero-order chi connectivity index (χ0) is 14.9. The summed E-state index contributed by atoms with van der Waals surface area (Å²) in [6.45, 7) is 2.02. The summed E-state index contributed by atoms with van der Waals surface area (Å²) in [7, 11) is 1.68. The number of nitrogens with one attached hydrogen (secondary N) is 1. The van der Waals surface area contributed by atoms with Crippen LogP contribution in [0.5, 0.6) is 0 Å². The van der Waals surface area contributed by atoms with Gasteiger partial charge in [-0.1, -0.05) is 6.42 Å². The Balaban J connectivity index is 1.84. The first-order valence-electron chi connectivity index (χ1n) is 7.31. The van der Waals surface area contributed by atoms with Gasteiger partial charge >= 0.3 is 12.0 Å². The van der Waals surface area contributed by atoms with Crippen molar-refractivity contribution >= 4 is 12.0 Å². The highest BCUT2D eigenvalue weighted by Gasteiger charge is 2.40. The average Bonchev–Trinajstić information content (AvgIpc) is 2.96. The van der Waals surface area contributed by atoms with Crippen LogP contribution in [0, 0.1) is 17.8 Å². The maximum absolute atomic E-state index is 12.0. The van der Waals surface area contributed by atoms with E-state index in [1.165, 1.54) is 32.6 Å². The van der Waals surface area contributed by atoms with Crippen molar-refractivity contribution in [2.24, 2.45) is 17.8 Å². The quantitative estimate of drug-likeness (QED) is 0.699. The van der Waals surface area contributed by atoms with Crippen LogP contribution in [0.2, 0.25) is 0 Å². The standard InChI is InChI=1S/C14H24N2O4/c1-8(17)12(13(18)19)15-14(20)16(2)7-11-6-9-3-4-10(11)5-9/h8-12,17H,3-7H2,1-2H3,(H,15,20)(H,18,19). The van der Waals surface area contributed by atoms with Gasteiger partial charge in [0.2, 0.25) is 0 Å². The number of fused-ring (bicyclic) bond motifs is 2. The summed E-state index contributed by atoms with van der Waals surface area (Å²) in [5.74, 6) is 0.869. The highest BCUT2D eigenvalue weighted by atomic mass is 16.4. The van der Waals surface area contributed by atoms with Crippen LogP contribution in [0.4, 0.5) is 4.79 Å². The molecule has 2 amide bonds. The maximum atomic E-state index is 12.0. The fraction of sp³-hybridized carbons (Fsp3) is 0.857. The molecule has 20 heavy (non-hydrogen) atoms. The number of carbonyl (C=O) groups excluding carboxylic acids is 1. The van der Waals surface area contributed by atoms with Gasteiger partial charge in [0.1, 0.15) is 0 Å². The van der Waals surface area contributed by atoms with E-state index in [0.717, 1.165) is 11.8 Å². The Labute approximate surface area is 119 Å². The lowest BCUT2D eigenvalue weighted by molar-refractivity contribution is -0.141. The number of aliphatic hydroxyl groups is 1. The Kier molecular flexibility index (Phi) is 4.52. The number of amides is 2. The van der Waals surface area contributed by atoms with Crippen LogP contribution < -0.4 is 5.32 Å². The van der Waals surface area contributed by atoms with E-state index in [1.807, 2.05) is 0 Å². The number of urea groups is 1. The fourth-order valence-electron chi connectivity index (χ4n) is 3.67. The summed E-state index contributed by atoms with van der Waals surface area (Å²) < 4.78 is 0. The van der Waals surface area contributed by atoms with Crippen LogP contribution in [-0.2, 0) is 4.79 Å². The molecule has 2 aliphatic carbocycles. The van der Waals surface area contributed by atoms with Gasteiger partial charge < -0.3 is 20.4 Å². The van der Waals surface area contributed by atoms with Gasteiger partial charge in [0, 0.05) is 13.6 Å². The summed E-state index contributed by atoms with van der Waals surface area (Å²) in [5, 5.41) is 20.7. The fourth-order valence-corrected chi connectivity index (χ4v) is 3.67. The molecule has 0 saturated heterocycles. The van der Waals surface area contributed by atoms with Crippen molar-refractivity contribution in [3.05, 3.63) is 0 Å². The minimum Gasteiger partial charge on any atom is -0.480 e. The van der Waals surface area contributed by atoms with Gasteiger partial charge in [0.05, 0.1) is 6.10 Å². The van der Waals surface area contributed by atoms with E-state index in [1.54, 1.807) is 11.9 Å². The SMILES string of the molecule is CC(O)C(NC(=O)N(C)CC1CC2CCC1C2)C(=O)O. The number of aliphatic carboxylic acids is 1. The molecule has 5 unspecified atom stereocenters. The summed E-state index contributed by atoms with van der Waals surface area (Å²) in [4.78, 5) is 24.5. The topological polar surface area (TPSA) is 89.9 Å². The molecule has 3 N–H and O–H groups in total. The molecule has 6 nitrogen and oxygen atoms in total. The van der Waals surface area contributed by atoms with Crippen molar-refractivity contribution in [3.63, 3.8) is 0 Å². The van der Waals surface area contributed by atoms with Crippen LogP contribution in [0.15, 0.2) is 0 Å². The third-order valence-electron chi connectivity index (χ3n) is 4.77. The first kappa shape index (κ1) is 15.1. The molecule has 0 heterocycles. The second kappa shape index (κ2) is 5.99. The molecule has 6 heteroatoms. The van der Waals surface area contributed by atoms with Gasteiger partial charge in [-0.3, -0.25) is 0 Å². The number of carbonyl (C=O) groups is 2. The van der Waals surface area contributed by atoms with Crippen LogP contribution in [0.25, 0.3) is 0 Å². The Morgan fingerprint density at radius 1 is 1.35 bits per heavy atom. The second-order valence-corrected chi connectivity index (χ2v) is 6.32. The van der Waals surface area contributed by atoms with E-state index < -0.39 is 24.1 Å². The molecular weight excluding hydrogens is 260 g/mol. The van der Waals surface area contributed by atoms with Gasteiger partial charge in [0.15, 0.2) is 6.04 Å². The lowest BCUT2D eigenvalue weighted by Crippen LogP contribution is -2.52. The summed E-state index contributed by atoms with van der Waals surface area (Å²) in [5.41, 5.74) is 0. The molecule has 0 aromatic heterocycles. The Morgan fingerprint density at radius 2 is 2.05 bits per heavy atom. The third kappa shape index (κ3) is 3.23. The van der Waals surface area contributed by atoms with E-state index in [4.69, 9.17) is 5.11 Å². The lowest BCUT2D eigenvalue weighted by atomic mass is 9.88. The van der Waals surface area contributed by atoms with Crippen molar-refractivity contribution in [2.75, 3.05) is 13.6 Å².